The molecule has 0 aliphatic heterocycles. The molecule has 30 heavy (non-hydrogen) atoms. The Balaban J connectivity index is 1.84. The van der Waals surface area contributed by atoms with Crippen molar-refractivity contribution in [3.05, 3.63) is 52.8 Å². The molecular weight excluding hydrogens is 398 g/mol. The van der Waals surface area contributed by atoms with Crippen LogP contribution in [-0.2, 0) is 26.5 Å². The third-order valence-corrected chi connectivity index (χ3v) is 7.63. The van der Waals surface area contributed by atoms with E-state index in [9.17, 15) is 14.1 Å². The average Bonchev–Trinajstić information content (AvgIpc) is 3.34. The van der Waals surface area contributed by atoms with Crippen LogP contribution in [0.5, 0.6) is 0 Å². The monoisotopic (exact) mass is 431 g/mol. The molecule has 2 N–H and O–H groups in total. The molecule has 5 nitrogen and oxygen atoms in total. The van der Waals surface area contributed by atoms with Crippen molar-refractivity contribution in [3.63, 3.8) is 0 Å². The molecule has 1 aliphatic rings. The van der Waals surface area contributed by atoms with E-state index in [-0.39, 0.29) is 23.2 Å². The average molecular weight is 432 g/mol. The Morgan fingerprint density at radius 1 is 1.27 bits per heavy atom. The molecule has 6 heteroatoms. The van der Waals surface area contributed by atoms with Crippen LogP contribution in [-0.4, -0.2) is 20.9 Å². The van der Waals surface area contributed by atoms with Crippen LogP contribution in [0.15, 0.2) is 40.0 Å². The van der Waals surface area contributed by atoms with E-state index in [0.29, 0.717) is 17.4 Å². The number of aliphatic hydroxyl groups is 1. The van der Waals surface area contributed by atoms with E-state index in [1.54, 1.807) is 13.8 Å². The zero-order valence-electron chi connectivity index (χ0n) is 18.5. The third kappa shape index (κ3) is 5.03. The normalized spacial score (nSPS) is 17.7. The van der Waals surface area contributed by atoms with Gasteiger partial charge in [-0.1, -0.05) is 39.0 Å². The molecule has 1 fully saturated rings. The summed E-state index contributed by atoms with van der Waals surface area (Å²) < 4.78 is 26.5. The Morgan fingerprint density at radius 3 is 2.43 bits per heavy atom. The number of benzene rings is 1. The van der Waals surface area contributed by atoms with Gasteiger partial charge >= 0.3 is 0 Å². The van der Waals surface area contributed by atoms with Gasteiger partial charge in [0.05, 0.1) is 17.6 Å². The van der Waals surface area contributed by atoms with Crippen molar-refractivity contribution in [3.8, 4) is 0 Å². The summed E-state index contributed by atoms with van der Waals surface area (Å²) in [7, 11) is -3.42. The van der Waals surface area contributed by atoms with Crippen molar-refractivity contribution < 1.29 is 18.5 Å². The van der Waals surface area contributed by atoms with Crippen LogP contribution in [0.25, 0.3) is 0 Å². The first kappa shape index (κ1) is 22.8. The summed E-state index contributed by atoms with van der Waals surface area (Å²) in [6.07, 6.45) is 3.93. The highest BCUT2D eigenvalue weighted by atomic mass is 32.2. The van der Waals surface area contributed by atoms with E-state index < -0.39 is 21.1 Å². The van der Waals surface area contributed by atoms with Crippen molar-refractivity contribution in [2.45, 2.75) is 76.4 Å². The van der Waals surface area contributed by atoms with Crippen LogP contribution >= 0.6 is 0 Å². The third-order valence-electron chi connectivity index (χ3n) is 6.04. The Morgan fingerprint density at radius 2 is 1.90 bits per heavy atom. The van der Waals surface area contributed by atoms with Gasteiger partial charge in [0, 0.05) is 18.1 Å². The Kier molecular flexibility index (Phi) is 6.30. The topological polar surface area (TPSA) is 91.4 Å². The molecule has 2 atom stereocenters. The van der Waals surface area contributed by atoms with Crippen LogP contribution < -0.4 is 0 Å². The second-order valence-electron chi connectivity index (χ2n) is 9.44. The van der Waals surface area contributed by atoms with Crippen molar-refractivity contribution in [1.29, 1.82) is 4.78 Å². The van der Waals surface area contributed by atoms with Crippen LogP contribution in [0.2, 0.25) is 0 Å². The Bertz CT molecular complexity index is 1020. The first-order valence-electron chi connectivity index (χ1n) is 10.6. The number of nitrogens with one attached hydrogen (secondary N) is 1. The highest BCUT2D eigenvalue weighted by Crippen LogP contribution is 2.44. The van der Waals surface area contributed by atoms with Crippen LogP contribution in [0.4, 0.5) is 0 Å². The molecule has 0 saturated heterocycles. The van der Waals surface area contributed by atoms with Crippen molar-refractivity contribution in [2.24, 2.45) is 5.92 Å². The molecule has 0 unspecified atom stereocenters. The lowest BCUT2D eigenvalue weighted by Gasteiger charge is -2.21. The number of furan rings is 1. The summed E-state index contributed by atoms with van der Waals surface area (Å²) in [5, 5.41) is 10.0. The number of ketones is 1. The first-order valence-corrected chi connectivity index (χ1v) is 12.3. The fourth-order valence-electron chi connectivity index (χ4n) is 4.00. The lowest BCUT2D eigenvalue weighted by molar-refractivity contribution is -0.116. The molecule has 0 spiro atoms. The molecule has 1 aromatic heterocycles. The SMILES string of the molecule is CC(C)c1cccc([C@H](C)C2CC2)c1CC(=O)C[S@](=N)(=O)c1cc(C(C)(C)O)co1. The van der Waals surface area contributed by atoms with Crippen LogP contribution in [0.1, 0.15) is 81.5 Å². The molecule has 0 amide bonds. The zero-order valence-corrected chi connectivity index (χ0v) is 19.3. The molecule has 3 rings (SSSR count). The largest absolute Gasteiger partial charge is 0.454 e. The molecule has 2 aromatic rings. The number of hydrogen-bond donors (Lipinski definition) is 2. The van der Waals surface area contributed by atoms with E-state index in [2.05, 4.69) is 39.0 Å². The van der Waals surface area contributed by atoms with Gasteiger partial charge in [0.15, 0.2) is 10.9 Å². The second kappa shape index (κ2) is 8.31. The zero-order chi connectivity index (χ0) is 22.3. The molecule has 0 radical (unpaired) electrons. The van der Waals surface area contributed by atoms with E-state index in [1.165, 1.54) is 30.7 Å². The van der Waals surface area contributed by atoms with Crippen LogP contribution in [0, 0.1) is 10.7 Å². The number of carbonyl (C=O) groups excluding carboxylic acids is 1. The number of carbonyl (C=O) groups is 1. The van der Waals surface area contributed by atoms with Gasteiger partial charge in [0.2, 0.25) is 0 Å². The van der Waals surface area contributed by atoms with E-state index in [4.69, 9.17) is 9.20 Å². The lowest BCUT2D eigenvalue weighted by Crippen LogP contribution is -2.19. The van der Waals surface area contributed by atoms with Gasteiger partial charge in [0.1, 0.15) is 9.73 Å². The van der Waals surface area contributed by atoms with Crippen molar-refractivity contribution in [2.75, 3.05) is 5.75 Å². The van der Waals surface area contributed by atoms with Gasteiger partial charge in [-0.3, -0.25) is 4.79 Å². The van der Waals surface area contributed by atoms with E-state index >= 15 is 0 Å². The standard InChI is InChI=1S/C24H33NO4S/c1-15(2)20-7-6-8-21(16(3)17-9-10-17)22(20)12-19(26)14-30(25,28)23-11-18(13-29-23)24(4,5)27/h6-8,11,13,15-17,25,27H,9-10,12,14H2,1-5H3/t16-,30+/m1/s1. The predicted molar refractivity (Wildman–Crippen MR) is 118 cm³/mol. The summed E-state index contributed by atoms with van der Waals surface area (Å²) in [4.78, 5) is 13.0. The quantitative estimate of drug-likeness (QED) is 0.559. The van der Waals surface area contributed by atoms with Crippen molar-refractivity contribution >= 4 is 15.5 Å². The maximum Gasteiger partial charge on any atom is 0.199 e. The van der Waals surface area contributed by atoms with Crippen molar-refractivity contribution in [1.82, 2.24) is 0 Å². The fourth-order valence-corrected chi connectivity index (χ4v) is 5.22. The highest BCUT2D eigenvalue weighted by Gasteiger charge is 2.32. The lowest BCUT2D eigenvalue weighted by atomic mass is 9.84. The van der Waals surface area contributed by atoms with E-state index in [1.807, 2.05) is 0 Å². The summed E-state index contributed by atoms with van der Waals surface area (Å²) in [5.41, 5.74) is 2.66. The minimum Gasteiger partial charge on any atom is -0.454 e. The molecule has 1 aromatic carbocycles. The number of Topliss-reactive ketones (excluding diaryl/α,β-unsaturated/α-hetero) is 1. The number of hydrogen-bond acceptors (Lipinski definition) is 5. The molecule has 1 heterocycles. The van der Waals surface area contributed by atoms with Gasteiger partial charge < -0.3 is 9.52 Å². The summed E-state index contributed by atoms with van der Waals surface area (Å²) in [6, 6.07) is 7.66. The van der Waals surface area contributed by atoms with Gasteiger partial charge in [-0.05, 0) is 61.1 Å². The Hall–Kier alpha value is -1.92. The fraction of sp³-hybridized carbons (Fsp3) is 0.542. The summed E-state index contributed by atoms with van der Waals surface area (Å²) in [5.74, 6) is 0.721. The summed E-state index contributed by atoms with van der Waals surface area (Å²) >= 11 is 0. The summed E-state index contributed by atoms with van der Waals surface area (Å²) in [6.45, 7) is 9.63. The smallest absolute Gasteiger partial charge is 0.199 e. The number of rotatable bonds is 9. The predicted octanol–water partition coefficient (Wildman–Crippen LogP) is 5.36. The second-order valence-corrected chi connectivity index (χ2v) is 11.5. The maximum absolute atomic E-state index is 13.0. The van der Waals surface area contributed by atoms with Gasteiger partial charge in [0.25, 0.3) is 0 Å². The Labute approximate surface area is 179 Å². The first-order chi connectivity index (χ1) is 13.9. The maximum atomic E-state index is 13.0. The van der Waals surface area contributed by atoms with Gasteiger partial charge in [-0.2, -0.15) is 0 Å². The molecular formula is C24H33NO4S. The highest BCUT2D eigenvalue weighted by molar-refractivity contribution is 7.93. The minimum absolute atomic E-state index is 0.0586. The van der Waals surface area contributed by atoms with E-state index in [0.717, 1.165) is 11.1 Å². The molecule has 0 bridgehead atoms. The minimum atomic E-state index is -3.42. The van der Waals surface area contributed by atoms with Crippen LogP contribution in [0.3, 0.4) is 0 Å². The van der Waals surface area contributed by atoms with Gasteiger partial charge in [-0.15, -0.1) is 0 Å². The van der Waals surface area contributed by atoms with Gasteiger partial charge in [-0.25, -0.2) is 8.99 Å². The molecule has 1 saturated carbocycles. The molecule has 164 valence electrons. The molecule has 1 aliphatic carbocycles.